The quantitative estimate of drug-likeness (QED) is 0.299. The highest BCUT2D eigenvalue weighted by atomic mass is 19.2. The Morgan fingerprint density at radius 1 is 0.944 bits per heavy atom. The molecule has 0 bridgehead atoms. The highest BCUT2D eigenvalue weighted by Crippen LogP contribution is 2.28. The van der Waals surface area contributed by atoms with Crippen molar-refractivity contribution in [1.29, 1.82) is 0 Å². The number of carbonyl (C=O) groups is 1. The van der Waals surface area contributed by atoms with Crippen molar-refractivity contribution in [3.05, 3.63) is 96.0 Å². The monoisotopic (exact) mass is 497 g/mol. The first kappa shape index (κ1) is 23.8. The van der Waals surface area contributed by atoms with Crippen LogP contribution < -0.4 is 5.32 Å². The molecule has 0 aliphatic carbocycles. The van der Waals surface area contributed by atoms with E-state index >= 15 is 0 Å². The SMILES string of the molecule is O=C(Nc1c(F)c(F)cc(F)c1F)C1CCN(Cc2cnn(-c3ccccc3)c2-n2cccc2)CC1. The van der Waals surface area contributed by atoms with Gasteiger partial charge in [0.25, 0.3) is 0 Å². The molecule has 1 saturated heterocycles. The predicted octanol–water partition coefficient (Wildman–Crippen LogP) is 5.07. The first-order chi connectivity index (χ1) is 17.4. The van der Waals surface area contributed by atoms with Crippen LogP contribution in [0.1, 0.15) is 18.4 Å². The minimum atomic E-state index is -1.62. The molecule has 2 aromatic carbocycles. The topological polar surface area (TPSA) is 55.1 Å². The van der Waals surface area contributed by atoms with Crippen molar-refractivity contribution in [2.75, 3.05) is 18.4 Å². The summed E-state index contributed by atoms with van der Waals surface area (Å²) in [4.78, 5) is 14.8. The minimum Gasteiger partial charge on any atom is -0.321 e. The Labute approximate surface area is 204 Å². The highest BCUT2D eigenvalue weighted by Gasteiger charge is 2.29. The lowest BCUT2D eigenvalue weighted by Gasteiger charge is -2.31. The number of rotatable bonds is 6. The Kier molecular flexibility index (Phi) is 6.60. The van der Waals surface area contributed by atoms with E-state index in [9.17, 15) is 22.4 Å². The number of nitrogens with one attached hydrogen (secondary N) is 1. The van der Waals surface area contributed by atoms with Crippen LogP contribution in [0.25, 0.3) is 11.5 Å². The van der Waals surface area contributed by atoms with E-state index in [1.807, 2.05) is 75.6 Å². The van der Waals surface area contributed by atoms with Crippen LogP contribution in [0.15, 0.2) is 67.1 Å². The van der Waals surface area contributed by atoms with Crippen molar-refractivity contribution >= 4 is 11.6 Å². The molecule has 10 heteroatoms. The Morgan fingerprint density at radius 2 is 1.58 bits per heavy atom. The molecule has 0 saturated carbocycles. The molecular formula is C26H23F4N5O. The molecule has 1 aliphatic rings. The zero-order valence-electron chi connectivity index (χ0n) is 19.2. The number of hydrogen-bond donors (Lipinski definition) is 1. The predicted molar refractivity (Wildman–Crippen MR) is 126 cm³/mol. The van der Waals surface area contributed by atoms with Crippen molar-refractivity contribution in [3.8, 4) is 11.5 Å². The van der Waals surface area contributed by atoms with Gasteiger partial charge >= 0.3 is 0 Å². The fourth-order valence-corrected chi connectivity index (χ4v) is 4.50. The van der Waals surface area contributed by atoms with E-state index in [1.54, 1.807) is 0 Å². The molecule has 0 unspecified atom stereocenters. The average molecular weight is 497 g/mol. The average Bonchev–Trinajstić information content (AvgIpc) is 3.56. The minimum absolute atomic E-state index is 0.112. The van der Waals surface area contributed by atoms with Crippen molar-refractivity contribution in [1.82, 2.24) is 19.2 Å². The Bertz CT molecular complexity index is 1340. The number of aromatic nitrogens is 3. The van der Waals surface area contributed by atoms with Gasteiger partial charge in [0, 0.05) is 36.5 Å². The Balaban J connectivity index is 1.27. The lowest BCUT2D eigenvalue weighted by atomic mass is 9.95. The Hall–Kier alpha value is -3.92. The van der Waals surface area contributed by atoms with Gasteiger partial charge in [0.1, 0.15) is 11.5 Å². The maximum atomic E-state index is 13.9. The fraction of sp³-hybridized carbons (Fsp3) is 0.231. The van der Waals surface area contributed by atoms with Gasteiger partial charge in [-0.25, -0.2) is 22.2 Å². The summed E-state index contributed by atoms with van der Waals surface area (Å²) in [6, 6.07) is 13.8. The largest absolute Gasteiger partial charge is 0.321 e. The number of halogens is 4. The number of hydrogen-bond acceptors (Lipinski definition) is 3. The molecule has 1 fully saturated rings. The molecule has 0 atom stereocenters. The molecule has 186 valence electrons. The first-order valence-corrected chi connectivity index (χ1v) is 11.5. The molecule has 1 N–H and O–H groups in total. The lowest BCUT2D eigenvalue weighted by molar-refractivity contribution is -0.121. The van der Waals surface area contributed by atoms with Gasteiger partial charge in [0.05, 0.1) is 11.9 Å². The van der Waals surface area contributed by atoms with Gasteiger partial charge in [-0.15, -0.1) is 0 Å². The zero-order valence-corrected chi connectivity index (χ0v) is 19.2. The number of piperidine rings is 1. The van der Waals surface area contributed by atoms with Gasteiger partial charge in [-0.3, -0.25) is 9.69 Å². The summed E-state index contributed by atoms with van der Waals surface area (Å²) in [6.07, 6.45) is 6.58. The summed E-state index contributed by atoms with van der Waals surface area (Å²) in [5.74, 6) is -6.66. The van der Waals surface area contributed by atoms with E-state index in [1.165, 1.54) is 0 Å². The lowest BCUT2D eigenvalue weighted by Crippen LogP contribution is -2.38. The molecule has 6 nitrogen and oxygen atoms in total. The van der Waals surface area contributed by atoms with Gasteiger partial charge < -0.3 is 9.88 Å². The van der Waals surface area contributed by atoms with Crippen molar-refractivity contribution in [3.63, 3.8) is 0 Å². The molecule has 5 rings (SSSR count). The van der Waals surface area contributed by atoms with Gasteiger partial charge in [0.2, 0.25) is 5.91 Å². The van der Waals surface area contributed by atoms with Crippen LogP contribution in [-0.4, -0.2) is 38.2 Å². The van der Waals surface area contributed by atoms with E-state index in [4.69, 9.17) is 0 Å². The van der Waals surface area contributed by atoms with Gasteiger partial charge in [-0.05, 0) is 50.2 Å². The third kappa shape index (κ3) is 4.64. The summed E-state index contributed by atoms with van der Waals surface area (Å²) in [7, 11) is 0. The zero-order chi connectivity index (χ0) is 25.2. The molecule has 2 aromatic heterocycles. The summed E-state index contributed by atoms with van der Waals surface area (Å²) >= 11 is 0. The maximum absolute atomic E-state index is 13.9. The second kappa shape index (κ2) is 9.98. The number of para-hydroxylation sites is 1. The summed E-state index contributed by atoms with van der Waals surface area (Å²) in [6.45, 7) is 1.71. The van der Waals surface area contributed by atoms with Gasteiger partial charge in [0.15, 0.2) is 23.3 Å². The molecule has 3 heterocycles. The first-order valence-electron chi connectivity index (χ1n) is 11.5. The second-order valence-corrected chi connectivity index (χ2v) is 8.71. The normalized spacial score (nSPS) is 14.8. The van der Waals surface area contributed by atoms with E-state index < -0.39 is 40.8 Å². The Morgan fingerprint density at radius 3 is 2.22 bits per heavy atom. The maximum Gasteiger partial charge on any atom is 0.227 e. The van der Waals surface area contributed by atoms with Crippen molar-refractivity contribution < 1.29 is 22.4 Å². The summed E-state index contributed by atoms with van der Waals surface area (Å²) in [5.41, 5.74) is 0.832. The number of likely N-dealkylation sites (tertiary alicyclic amines) is 1. The smallest absolute Gasteiger partial charge is 0.227 e. The number of nitrogens with zero attached hydrogens (tertiary/aromatic N) is 4. The molecule has 1 amide bonds. The second-order valence-electron chi connectivity index (χ2n) is 8.71. The van der Waals surface area contributed by atoms with Crippen LogP contribution in [0, 0.1) is 29.2 Å². The fourth-order valence-electron chi connectivity index (χ4n) is 4.50. The number of amides is 1. The van der Waals surface area contributed by atoms with Crippen molar-refractivity contribution in [2.24, 2.45) is 5.92 Å². The molecule has 1 aliphatic heterocycles. The third-order valence-corrected chi connectivity index (χ3v) is 6.38. The third-order valence-electron chi connectivity index (χ3n) is 6.38. The van der Waals surface area contributed by atoms with Crippen LogP contribution in [0.3, 0.4) is 0 Å². The van der Waals surface area contributed by atoms with E-state index in [-0.39, 0.29) is 6.07 Å². The highest BCUT2D eigenvalue weighted by molar-refractivity contribution is 5.92. The van der Waals surface area contributed by atoms with E-state index in [2.05, 4.69) is 10.00 Å². The van der Waals surface area contributed by atoms with Crippen LogP contribution in [0.2, 0.25) is 0 Å². The molecule has 4 aromatic rings. The van der Waals surface area contributed by atoms with Crippen LogP contribution in [0.4, 0.5) is 23.2 Å². The van der Waals surface area contributed by atoms with E-state index in [0.717, 1.165) is 17.1 Å². The van der Waals surface area contributed by atoms with Gasteiger partial charge in [-0.1, -0.05) is 18.2 Å². The summed E-state index contributed by atoms with van der Waals surface area (Å²) in [5, 5.41) is 6.64. The van der Waals surface area contributed by atoms with E-state index in [0.29, 0.717) is 32.5 Å². The van der Waals surface area contributed by atoms with Crippen LogP contribution in [-0.2, 0) is 11.3 Å². The molecule has 0 radical (unpaired) electrons. The van der Waals surface area contributed by atoms with Gasteiger partial charge in [-0.2, -0.15) is 5.10 Å². The number of carbonyl (C=O) groups excluding carboxylic acids is 1. The molecule has 0 spiro atoms. The summed E-state index contributed by atoms with van der Waals surface area (Å²) < 4.78 is 58.7. The molecule has 36 heavy (non-hydrogen) atoms. The van der Waals surface area contributed by atoms with Crippen LogP contribution >= 0.6 is 0 Å². The number of anilines is 1. The van der Waals surface area contributed by atoms with Crippen LogP contribution in [0.5, 0.6) is 0 Å². The molecular weight excluding hydrogens is 474 g/mol. The standard InChI is InChI=1S/C26H23F4N5O/c27-20-14-21(28)23(30)24(22(20)29)32-25(36)17-8-12-33(13-9-17)16-18-15-31-35(19-6-2-1-3-7-19)26(18)34-10-4-5-11-34/h1-7,10-11,14-15,17H,8-9,12-13,16H2,(H,32,36). The van der Waals surface area contributed by atoms with Crippen molar-refractivity contribution in [2.45, 2.75) is 19.4 Å². The number of benzene rings is 2.